The van der Waals surface area contributed by atoms with Crippen LogP contribution in [0.1, 0.15) is 127 Å². The van der Waals surface area contributed by atoms with Crippen LogP contribution in [-0.4, -0.2) is 16.1 Å². The van der Waals surface area contributed by atoms with Gasteiger partial charge in [-0.3, -0.25) is 4.79 Å². The van der Waals surface area contributed by atoms with Gasteiger partial charge in [-0.15, -0.1) is 0 Å². The fraction of sp³-hybridized carbons (Fsp3) is 0.840. The lowest BCUT2D eigenvalue weighted by Crippen LogP contribution is -2.33. The van der Waals surface area contributed by atoms with Crippen molar-refractivity contribution in [2.75, 3.05) is 0 Å². The number of aromatic amines is 1. The van der Waals surface area contributed by atoms with Crippen LogP contribution in [0.2, 0.25) is 0 Å². The number of aliphatic carboxylic acids is 1. The minimum atomic E-state index is -0.655. The smallest absolute Gasteiger partial charge is 0.303 e. The maximum Gasteiger partial charge on any atom is 0.303 e. The molecule has 4 heteroatoms. The van der Waals surface area contributed by atoms with Gasteiger partial charge in [0.15, 0.2) is 0 Å². The number of aromatic nitrogens is 2. The van der Waals surface area contributed by atoms with Crippen molar-refractivity contribution in [2.24, 2.45) is 7.05 Å². The van der Waals surface area contributed by atoms with E-state index < -0.39 is 5.97 Å². The van der Waals surface area contributed by atoms with Gasteiger partial charge in [0.2, 0.25) is 0 Å². The van der Waals surface area contributed by atoms with Gasteiger partial charge in [-0.2, -0.15) is 0 Å². The van der Waals surface area contributed by atoms with E-state index in [9.17, 15) is 4.79 Å². The van der Waals surface area contributed by atoms with Gasteiger partial charge in [-0.05, 0) is 12.8 Å². The van der Waals surface area contributed by atoms with Crippen LogP contribution in [0.5, 0.6) is 0 Å². The summed E-state index contributed by atoms with van der Waals surface area (Å²) in [5.41, 5.74) is 1.43. The molecule has 0 aliphatic carbocycles. The van der Waals surface area contributed by atoms with Crippen molar-refractivity contribution < 1.29 is 14.5 Å². The minimum Gasteiger partial charge on any atom is -0.481 e. The first-order chi connectivity index (χ1) is 14.1. The number of nitrogens with zero attached hydrogens (tertiary/aromatic N) is 1. The molecule has 0 spiro atoms. The first kappa shape index (κ1) is 25.7. The minimum absolute atomic E-state index is 0.340. The highest BCUT2D eigenvalue weighted by Gasteiger charge is 2.08. The fourth-order valence-electron chi connectivity index (χ4n) is 4.07. The van der Waals surface area contributed by atoms with Crippen molar-refractivity contribution in [3.8, 4) is 0 Å². The quantitative estimate of drug-likeness (QED) is 0.184. The van der Waals surface area contributed by atoms with Crippen molar-refractivity contribution in [1.29, 1.82) is 0 Å². The Hall–Kier alpha value is -1.32. The molecule has 0 saturated carbocycles. The van der Waals surface area contributed by atoms with Crippen LogP contribution in [0, 0.1) is 6.92 Å². The summed E-state index contributed by atoms with van der Waals surface area (Å²) < 4.78 is 2.27. The predicted molar refractivity (Wildman–Crippen MR) is 121 cm³/mol. The Morgan fingerprint density at radius 2 is 1.14 bits per heavy atom. The number of carboxylic acids is 1. The fourth-order valence-corrected chi connectivity index (χ4v) is 4.07. The second-order valence-corrected chi connectivity index (χ2v) is 8.83. The van der Waals surface area contributed by atoms with E-state index in [2.05, 4.69) is 29.7 Å². The second kappa shape index (κ2) is 17.5. The molecular weight excluding hydrogens is 360 g/mol. The Morgan fingerprint density at radius 1 is 0.759 bits per heavy atom. The second-order valence-electron chi connectivity index (χ2n) is 8.83. The van der Waals surface area contributed by atoms with E-state index in [-0.39, 0.29) is 0 Å². The molecule has 0 radical (unpaired) electrons. The summed E-state index contributed by atoms with van der Waals surface area (Å²) >= 11 is 0. The average molecular weight is 408 g/mol. The van der Waals surface area contributed by atoms with Crippen molar-refractivity contribution in [2.45, 2.75) is 129 Å². The van der Waals surface area contributed by atoms with E-state index in [1.807, 2.05) is 0 Å². The summed E-state index contributed by atoms with van der Waals surface area (Å²) in [7, 11) is 2.15. The summed E-state index contributed by atoms with van der Waals surface area (Å²) in [6.07, 6.45) is 26.1. The van der Waals surface area contributed by atoms with Crippen molar-refractivity contribution in [3.05, 3.63) is 17.7 Å². The van der Waals surface area contributed by atoms with Crippen LogP contribution >= 0.6 is 0 Å². The van der Waals surface area contributed by atoms with Crippen LogP contribution in [0.15, 0.2) is 6.20 Å². The topological polar surface area (TPSA) is 57.0 Å². The molecule has 0 aromatic carbocycles. The molecule has 2 N–H and O–H groups in total. The number of hydrogen-bond donors (Lipinski definition) is 2. The van der Waals surface area contributed by atoms with Crippen LogP contribution in [-0.2, 0) is 18.3 Å². The highest BCUT2D eigenvalue weighted by Crippen LogP contribution is 2.14. The third-order valence-corrected chi connectivity index (χ3v) is 6.21. The van der Waals surface area contributed by atoms with E-state index in [1.165, 1.54) is 114 Å². The largest absolute Gasteiger partial charge is 0.481 e. The van der Waals surface area contributed by atoms with Gasteiger partial charge in [0.05, 0.1) is 7.05 Å². The molecule has 1 aromatic rings. The first-order valence-electron chi connectivity index (χ1n) is 12.4. The first-order valence-corrected chi connectivity index (χ1v) is 12.4. The van der Waals surface area contributed by atoms with Crippen molar-refractivity contribution in [1.82, 2.24) is 4.98 Å². The predicted octanol–water partition coefficient (Wildman–Crippen LogP) is 6.80. The number of hydrogen-bond acceptors (Lipinski definition) is 1. The molecule has 0 atom stereocenters. The number of nitrogens with one attached hydrogen (secondary N) is 1. The van der Waals surface area contributed by atoms with Gasteiger partial charge in [0.25, 0.3) is 5.82 Å². The standard InChI is InChI=1S/C25H46N2O2/c1-23-26-22-24(27(23)2)20-18-16-14-12-10-8-6-4-3-5-7-9-11-13-15-17-19-21-25(28)29/h22H,3-21H2,1-2H3,(H,28,29)/p+1. The molecule has 0 aliphatic heterocycles. The molecule has 168 valence electrons. The number of carbonyl (C=O) groups is 1. The third kappa shape index (κ3) is 14.3. The molecule has 0 unspecified atom stereocenters. The molecule has 4 nitrogen and oxygen atoms in total. The summed E-state index contributed by atoms with van der Waals surface area (Å²) in [5.74, 6) is 0.586. The molecule has 0 saturated heterocycles. The lowest BCUT2D eigenvalue weighted by molar-refractivity contribution is -0.683. The van der Waals surface area contributed by atoms with Gasteiger partial charge < -0.3 is 5.11 Å². The summed E-state index contributed by atoms with van der Waals surface area (Å²) in [6, 6.07) is 0. The van der Waals surface area contributed by atoms with Crippen LogP contribution in [0.3, 0.4) is 0 Å². The highest BCUT2D eigenvalue weighted by molar-refractivity contribution is 5.66. The van der Waals surface area contributed by atoms with Gasteiger partial charge in [-0.1, -0.05) is 96.3 Å². The number of H-pyrrole nitrogens is 1. The molecule has 0 bridgehead atoms. The normalized spacial score (nSPS) is 11.2. The molecule has 1 aromatic heterocycles. The Balaban J connectivity index is 1.72. The summed E-state index contributed by atoms with van der Waals surface area (Å²) in [6.45, 7) is 2.12. The van der Waals surface area contributed by atoms with Gasteiger partial charge >= 0.3 is 5.97 Å². The summed E-state index contributed by atoms with van der Waals surface area (Å²) in [4.78, 5) is 13.7. The van der Waals surface area contributed by atoms with E-state index in [4.69, 9.17) is 5.11 Å². The molecule has 0 aliphatic rings. The van der Waals surface area contributed by atoms with E-state index >= 15 is 0 Å². The van der Waals surface area contributed by atoms with Crippen LogP contribution < -0.4 is 4.57 Å². The lowest BCUT2D eigenvalue weighted by atomic mass is 10.0. The van der Waals surface area contributed by atoms with E-state index in [1.54, 1.807) is 0 Å². The van der Waals surface area contributed by atoms with Gasteiger partial charge in [0.1, 0.15) is 11.9 Å². The maximum absolute atomic E-state index is 10.4. The van der Waals surface area contributed by atoms with E-state index in [0.717, 1.165) is 12.8 Å². The van der Waals surface area contributed by atoms with Crippen molar-refractivity contribution in [3.63, 3.8) is 0 Å². The van der Waals surface area contributed by atoms with Crippen LogP contribution in [0.25, 0.3) is 0 Å². The maximum atomic E-state index is 10.4. The number of aryl methyl sites for hydroxylation is 2. The number of unbranched alkanes of at least 4 members (excludes halogenated alkanes) is 16. The molecular formula is C25H47N2O2+. The van der Waals surface area contributed by atoms with Crippen molar-refractivity contribution >= 4 is 5.97 Å². The van der Waals surface area contributed by atoms with E-state index in [0.29, 0.717) is 6.42 Å². The summed E-state index contributed by atoms with van der Waals surface area (Å²) in [5, 5.41) is 8.59. The van der Waals surface area contributed by atoms with Gasteiger partial charge in [0, 0.05) is 19.8 Å². The zero-order chi connectivity index (χ0) is 21.2. The Kier molecular flexibility index (Phi) is 15.5. The molecule has 29 heavy (non-hydrogen) atoms. The number of imidazole rings is 1. The molecule has 0 amide bonds. The monoisotopic (exact) mass is 407 g/mol. The number of carboxylic acid groups (broad SMARTS) is 1. The number of rotatable bonds is 20. The van der Waals surface area contributed by atoms with Crippen LogP contribution in [0.4, 0.5) is 0 Å². The molecule has 1 rings (SSSR count). The zero-order valence-electron chi connectivity index (χ0n) is 19.3. The third-order valence-electron chi connectivity index (χ3n) is 6.21. The Labute approximate surface area is 179 Å². The zero-order valence-corrected chi connectivity index (χ0v) is 19.3. The van der Waals surface area contributed by atoms with Gasteiger partial charge in [-0.25, -0.2) is 9.55 Å². The Morgan fingerprint density at radius 3 is 1.48 bits per heavy atom. The highest BCUT2D eigenvalue weighted by atomic mass is 16.4. The SMILES string of the molecule is Cc1[nH]cc(CCCCCCCCCCCCCCCCCCCC(=O)O)[n+]1C. The molecule has 0 fully saturated rings. The average Bonchev–Trinajstić information content (AvgIpc) is 3.01. The molecule has 1 heterocycles. The Bertz CT molecular complexity index is 525. The lowest BCUT2D eigenvalue weighted by Gasteiger charge is -2.04.